The molecule has 2 aromatic heterocycles. The molecule has 0 bridgehead atoms. The molecule has 4 rings (SSSR count). The number of hydrogen-bond acceptors (Lipinski definition) is 8. The molecule has 0 radical (unpaired) electrons. The zero-order valence-corrected chi connectivity index (χ0v) is 16.6. The predicted octanol–water partition coefficient (Wildman–Crippen LogP) is 3.02. The monoisotopic (exact) mass is 475 g/mol. The van der Waals surface area contributed by atoms with E-state index >= 15 is 0 Å². The highest BCUT2D eigenvalue weighted by Crippen LogP contribution is 2.22. The molecule has 0 saturated carbocycles. The van der Waals surface area contributed by atoms with Crippen LogP contribution in [0.2, 0.25) is 0 Å². The fraction of sp³-hybridized carbons (Fsp3) is 0.222. The van der Waals surface area contributed by atoms with Crippen LogP contribution in [-0.4, -0.2) is 39.6 Å². The Bertz CT molecular complexity index is 900. The lowest BCUT2D eigenvalue weighted by molar-refractivity contribution is 0.0277. The summed E-state index contributed by atoms with van der Waals surface area (Å²) >= 11 is 2.07. The molecule has 0 amide bonds. The van der Waals surface area contributed by atoms with Gasteiger partial charge in [-0.1, -0.05) is 12.1 Å². The second kappa shape index (κ2) is 8.55. The van der Waals surface area contributed by atoms with Gasteiger partial charge in [-0.3, -0.25) is 0 Å². The van der Waals surface area contributed by atoms with Gasteiger partial charge in [-0.15, -0.1) is 0 Å². The molecule has 1 atom stereocenters. The Hall–Kier alpha value is -2.37. The topological polar surface area (TPSA) is 96.9 Å². The van der Waals surface area contributed by atoms with Crippen LogP contribution in [0.3, 0.4) is 0 Å². The molecule has 0 aliphatic carbocycles. The Morgan fingerprint density at radius 3 is 2.48 bits per heavy atom. The standard InChI is InChI=1S/C18H18IN7O/c19-17-21-7-5-15(25-17)24-16-6-8-22-18(26-16)23-13-3-1-12(2-4-13)14-11-20-9-10-27-14/h1-8,14,20H,9-11H2,(H2,21,22,23,24,25,26). The molecule has 8 nitrogen and oxygen atoms in total. The van der Waals surface area contributed by atoms with Crippen molar-refractivity contribution in [2.45, 2.75) is 6.10 Å². The van der Waals surface area contributed by atoms with Crippen molar-refractivity contribution in [3.63, 3.8) is 0 Å². The van der Waals surface area contributed by atoms with Crippen molar-refractivity contribution < 1.29 is 4.74 Å². The van der Waals surface area contributed by atoms with E-state index in [0.29, 0.717) is 21.4 Å². The largest absolute Gasteiger partial charge is 0.371 e. The van der Waals surface area contributed by atoms with E-state index in [-0.39, 0.29) is 6.10 Å². The van der Waals surface area contributed by atoms with Crippen molar-refractivity contribution >= 4 is 45.9 Å². The smallest absolute Gasteiger partial charge is 0.229 e. The van der Waals surface area contributed by atoms with Gasteiger partial charge in [-0.25, -0.2) is 15.0 Å². The van der Waals surface area contributed by atoms with Crippen molar-refractivity contribution in [2.24, 2.45) is 0 Å². The number of ether oxygens (including phenoxy) is 1. The number of hydrogen-bond donors (Lipinski definition) is 3. The van der Waals surface area contributed by atoms with Crippen LogP contribution in [0, 0.1) is 3.83 Å². The second-order valence-electron chi connectivity index (χ2n) is 5.91. The van der Waals surface area contributed by atoms with Gasteiger partial charge in [0.25, 0.3) is 0 Å². The van der Waals surface area contributed by atoms with Gasteiger partial charge in [0.1, 0.15) is 11.6 Å². The number of benzene rings is 1. The van der Waals surface area contributed by atoms with Gasteiger partial charge in [0.15, 0.2) is 3.83 Å². The number of nitrogens with one attached hydrogen (secondary N) is 3. The first kappa shape index (κ1) is 18.0. The molecule has 27 heavy (non-hydrogen) atoms. The van der Waals surface area contributed by atoms with Gasteiger partial charge in [0.05, 0.1) is 12.7 Å². The normalized spacial score (nSPS) is 16.7. The van der Waals surface area contributed by atoms with E-state index in [1.54, 1.807) is 24.5 Å². The van der Waals surface area contributed by atoms with Crippen LogP contribution < -0.4 is 16.0 Å². The second-order valence-corrected chi connectivity index (χ2v) is 6.88. The molecular weight excluding hydrogens is 457 g/mol. The molecule has 1 aliphatic heterocycles. The quantitative estimate of drug-likeness (QED) is 0.383. The van der Waals surface area contributed by atoms with Crippen LogP contribution in [0.1, 0.15) is 11.7 Å². The zero-order chi connectivity index (χ0) is 18.5. The Balaban J connectivity index is 1.43. The van der Waals surface area contributed by atoms with Crippen molar-refractivity contribution in [1.29, 1.82) is 0 Å². The van der Waals surface area contributed by atoms with Gasteiger partial charge in [0.2, 0.25) is 5.95 Å². The predicted molar refractivity (Wildman–Crippen MR) is 111 cm³/mol. The summed E-state index contributed by atoms with van der Waals surface area (Å²) < 4.78 is 6.44. The summed E-state index contributed by atoms with van der Waals surface area (Å²) in [6, 6.07) is 11.7. The lowest BCUT2D eigenvalue weighted by Crippen LogP contribution is -2.33. The van der Waals surface area contributed by atoms with Crippen molar-refractivity contribution in [3.05, 3.63) is 58.2 Å². The van der Waals surface area contributed by atoms with E-state index in [2.05, 4.69) is 70.6 Å². The maximum Gasteiger partial charge on any atom is 0.229 e. The van der Waals surface area contributed by atoms with Crippen LogP contribution >= 0.6 is 22.6 Å². The average molecular weight is 475 g/mol. The van der Waals surface area contributed by atoms with Crippen LogP contribution in [0.25, 0.3) is 0 Å². The summed E-state index contributed by atoms with van der Waals surface area (Å²) in [5.74, 6) is 1.84. The third-order valence-corrected chi connectivity index (χ3v) is 4.52. The van der Waals surface area contributed by atoms with Gasteiger partial charge >= 0.3 is 0 Å². The molecule has 1 saturated heterocycles. The van der Waals surface area contributed by atoms with E-state index in [0.717, 1.165) is 30.9 Å². The average Bonchev–Trinajstić information content (AvgIpc) is 2.70. The first-order valence-corrected chi connectivity index (χ1v) is 9.62. The number of anilines is 4. The highest BCUT2D eigenvalue weighted by Gasteiger charge is 2.15. The van der Waals surface area contributed by atoms with E-state index in [9.17, 15) is 0 Å². The summed E-state index contributed by atoms with van der Waals surface area (Å²) in [5.41, 5.74) is 2.07. The molecule has 138 valence electrons. The van der Waals surface area contributed by atoms with E-state index in [1.165, 1.54) is 0 Å². The number of morpholine rings is 1. The lowest BCUT2D eigenvalue weighted by atomic mass is 10.1. The third-order valence-electron chi connectivity index (χ3n) is 4.00. The fourth-order valence-electron chi connectivity index (χ4n) is 2.71. The van der Waals surface area contributed by atoms with E-state index in [1.807, 2.05) is 12.1 Å². The third kappa shape index (κ3) is 4.87. The SMILES string of the molecule is Ic1nccc(Nc2ccnc(Nc3ccc(C4CNCCO4)cc3)n2)n1. The Labute approximate surface area is 170 Å². The summed E-state index contributed by atoms with van der Waals surface area (Å²) in [6.45, 7) is 2.49. The highest BCUT2D eigenvalue weighted by atomic mass is 127. The molecule has 0 spiro atoms. The van der Waals surface area contributed by atoms with E-state index in [4.69, 9.17) is 4.74 Å². The zero-order valence-electron chi connectivity index (χ0n) is 14.4. The van der Waals surface area contributed by atoms with Crippen LogP contribution in [0.4, 0.5) is 23.3 Å². The molecule has 1 fully saturated rings. The molecule has 3 N–H and O–H groups in total. The number of aromatic nitrogens is 4. The van der Waals surface area contributed by atoms with Crippen molar-refractivity contribution in [1.82, 2.24) is 25.3 Å². The molecule has 3 heterocycles. The number of halogens is 1. The maximum absolute atomic E-state index is 5.78. The van der Waals surface area contributed by atoms with Crippen molar-refractivity contribution in [2.75, 3.05) is 30.3 Å². The first-order valence-electron chi connectivity index (χ1n) is 8.54. The summed E-state index contributed by atoms with van der Waals surface area (Å²) in [6.07, 6.45) is 3.50. The Morgan fingerprint density at radius 1 is 0.963 bits per heavy atom. The van der Waals surface area contributed by atoms with E-state index < -0.39 is 0 Å². The van der Waals surface area contributed by atoms with Gasteiger partial charge < -0.3 is 20.7 Å². The van der Waals surface area contributed by atoms with Crippen molar-refractivity contribution in [3.8, 4) is 0 Å². The van der Waals surface area contributed by atoms with Crippen LogP contribution in [0.15, 0.2) is 48.8 Å². The fourth-order valence-corrected chi connectivity index (χ4v) is 3.13. The molecular formula is C18H18IN7O. The number of nitrogens with zero attached hydrogens (tertiary/aromatic N) is 4. The molecule has 9 heteroatoms. The molecule has 1 aromatic carbocycles. The Kier molecular flexibility index (Phi) is 5.70. The van der Waals surface area contributed by atoms with Crippen LogP contribution in [0.5, 0.6) is 0 Å². The first-order chi connectivity index (χ1) is 13.3. The molecule has 1 aliphatic rings. The minimum atomic E-state index is 0.104. The molecule has 1 unspecified atom stereocenters. The lowest BCUT2D eigenvalue weighted by Gasteiger charge is -2.24. The maximum atomic E-state index is 5.78. The summed E-state index contributed by atoms with van der Waals surface area (Å²) in [7, 11) is 0. The van der Waals surface area contributed by atoms with Gasteiger partial charge in [-0.05, 0) is 29.8 Å². The van der Waals surface area contributed by atoms with Gasteiger partial charge in [0, 0.05) is 53.8 Å². The summed E-state index contributed by atoms with van der Waals surface area (Å²) in [5, 5.41) is 9.71. The molecule has 3 aromatic rings. The summed E-state index contributed by atoms with van der Waals surface area (Å²) in [4.78, 5) is 17.1. The van der Waals surface area contributed by atoms with Gasteiger partial charge in [-0.2, -0.15) is 4.98 Å². The number of rotatable bonds is 5. The highest BCUT2D eigenvalue weighted by molar-refractivity contribution is 14.1. The minimum Gasteiger partial charge on any atom is -0.371 e. The Morgan fingerprint density at radius 2 is 1.74 bits per heavy atom. The van der Waals surface area contributed by atoms with Crippen LogP contribution in [-0.2, 0) is 4.74 Å². The minimum absolute atomic E-state index is 0.104.